The molecule has 4 nitrogen and oxygen atoms in total. The first kappa shape index (κ1) is 16.0. The predicted octanol–water partition coefficient (Wildman–Crippen LogP) is 3.97. The van der Waals surface area contributed by atoms with E-state index < -0.39 is 0 Å². The number of hydrogen-bond donors (Lipinski definition) is 2. The minimum Gasteiger partial charge on any atom is -0.326 e. The lowest BCUT2D eigenvalue weighted by Gasteiger charge is -2.12. The molecular formula is C20H20N2O2. The lowest BCUT2D eigenvalue weighted by molar-refractivity contribution is -0.116. The molecule has 1 unspecified atom stereocenters. The number of aromatic nitrogens is 1. The van der Waals surface area contributed by atoms with Crippen molar-refractivity contribution in [2.45, 2.75) is 26.2 Å². The van der Waals surface area contributed by atoms with Gasteiger partial charge in [-0.2, -0.15) is 0 Å². The fourth-order valence-electron chi connectivity index (χ4n) is 2.78. The number of fused-ring (bicyclic) bond motifs is 1. The summed E-state index contributed by atoms with van der Waals surface area (Å²) in [5.74, 6) is 0.106. The van der Waals surface area contributed by atoms with Crippen LogP contribution in [-0.2, 0) is 4.79 Å². The molecule has 0 aliphatic carbocycles. The Bertz CT molecular complexity index is 929. The van der Waals surface area contributed by atoms with Crippen LogP contribution in [0.25, 0.3) is 10.9 Å². The first-order chi connectivity index (χ1) is 11.5. The zero-order valence-electron chi connectivity index (χ0n) is 13.8. The third-order valence-electron chi connectivity index (χ3n) is 4.18. The van der Waals surface area contributed by atoms with Crippen LogP contribution in [0.4, 0.5) is 5.69 Å². The molecule has 0 aliphatic rings. The van der Waals surface area contributed by atoms with Gasteiger partial charge in [-0.3, -0.25) is 9.59 Å². The van der Waals surface area contributed by atoms with Crippen molar-refractivity contribution in [1.82, 2.24) is 4.98 Å². The summed E-state index contributed by atoms with van der Waals surface area (Å²) in [6.45, 7) is 3.81. The molecule has 24 heavy (non-hydrogen) atoms. The third-order valence-corrected chi connectivity index (χ3v) is 4.18. The maximum Gasteiger partial charge on any atom is 0.251 e. The molecule has 1 amide bonds. The molecule has 0 aliphatic heterocycles. The monoisotopic (exact) mass is 320 g/mol. The standard InChI is InChI=1S/C20H20N2O2/c1-13(15-6-4-3-5-7-15)11-19(23)21-17-9-8-16-10-14(2)20(24)22-18(16)12-17/h3-10,12-13H,11H2,1-2H3,(H,21,23)(H,22,24). The van der Waals surface area contributed by atoms with E-state index in [0.29, 0.717) is 17.7 Å². The quantitative estimate of drug-likeness (QED) is 0.764. The number of aryl methyl sites for hydroxylation is 1. The van der Waals surface area contributed by atoms with Crippen molar-refractivity contribution in [3.8, 4) is 0 Å². The zero-order valence-corrected chi connectivity index (χ0v) is 13.8. The normalized spacial score (nSPS) is 12.1. The minimum atomic E-state index is -0.108. The van der Waals surface area contributed by atoms with E-state index in [1.54, 1.807) is 13.0 Å². The zero-order chi connectivity index (χ0) is 17.1. The van der Waals surface area contributed by atoms with E-state index in [-0.39, 0.29) is 17.4 Å². The molecule has 1 aromatic heterocycles. The van der Waals surface area contributed by atoms with Gasteiger partial charge in [0.25, 0.3) is 5.56 Å². The summed E-state index contributed by atoms with van der Waals surface area (Å²) in [4.78, 5) is 26.8. The molecule has 3 rings (SSSR count). The molecule has 2 aromatic carbocycles. The van der Waals surface area contributed by atoms with E-state index in [0.717, 1.165) is 16.5 Å². The Morgan fingerprint density at radius 2 is 1.88 bits per heavy atom. The number of aromatic amines is 1. The second kappa shape index (κ2) is 6.71. The molecule has 3 aromatic rings. The molecular weight excluding hydrogens is 300 g/mol. The highest BCUT2D eigenvalue weighted by Gasteiger charge is 2.11. The lowest BCUT2D eigenvalue weighted by atomic mass is 9.97. The number of pyridine rings is 1. The Hall–Kier alpha value is -2.88. The van der Waals surface area contributed by atoms with E-state index in [2.05, 4.69) is 10.3 Å². The molecule has 0 saturated carbocycles. The van der Waals surface area contributed by atoms with Gasteiger partial charge in [0.1, 0.15) is 0 Å². The molecule has 0 fully saturated rings. The van der Waals surface area contributed by atoms with Crippen molar-refractivity contribution < 1.29 is 4.79 Å². The topological polar surface area (TPSA) is 62.0 Å². The van der Waals surface area contributed by atoms with E-state index in [1.807, 2.05) is 55.5 Å². The number of hydrogen-bond acceptors (Lipinski definition) is 2. The highest BCUT2D eigenvalue weighted by molar-refractivity contribution is 5.93. The van der Waals surface area contributed by atoms with Crippen molar-refractivity contribution in [3.63, 3.8) is 0 Å². The number of anilines is 1. The largest absolute Gasteiger partial charge is 0.326 e. The van der Waals surface area contributed by atoms with Crippen LogP contribution in [0.2, 0.25) is 0 Å². The van der Waals surface area contributed by atoms with E-state index in [9.17, 15) is 9.59 Å². The first-order valence-corrected chi connectivity index (χ1v) is 8.01. The fourth-order valence-corrected chi connectivity index (χ4v) is 2.78. The summed E-state index contributed by atoms with van der Waals surface area (Å²) in [5, 5.41) is 3.85. The molecule has 0 saturated heterocycles. The van der Waals surface area contributed by atoms with Crippen LogP contribution in [0.15, 0.2) is 59.4 Å². The Morgan fingerprint density at radius 1 is 1.12 bits per heavy atom. The maximum absolute atomic E-state index is 12.3. The highest BCUT2D eigenvalue weighted by Crippen LogP contribution is 2.21. The molecule has 122 valence electrons. The number of nitrogens with one attached hydrogen (secondary N) is 2. The second-order valence-electron chi connectivity index (χ2n) is 6.15. The van der Waals surface area contributed by atoms with Crippen molar-refractivity contribution in [2.24, 2.45) is 0 Å². The summed E-state index contributed by atoms with van der Waals surface area (Å²) in [7, 11) is 0. The number of benzene rings is 2. The van der Waals surface area contributed by atoms with Crippen LogP contribution in [0, 0.1) is 6.92 Å². The number of carbonyl (C=O) groups is 1. The summed E-state index contributed by atoms with van der Waals surface area (Å²) in [6.07, 6.45) is 0.409. The van der Waals surface area contributed by atoms with Crippen LogP contribution in [0.5, 0.6) is 0 Å². The molecule has 1 atom stereocenters. The number of rotatable bonds is 4. The maximum atomic E-state index is 12.3. The molecule has 1 heterocycles. The number of H-pyrrole nitrogens is 1. The van der Waals surface area contributed by atoms with Gasteiger partial charge in [0, 0.05) is 17.7 Å². The summed E-state index contributed by atoms with van der Waals surface area (Å²) in [6, 6.07) is 17.4. The summed E-state index contributed by atoms with van der Waals surface area (Å²) >= 11 is 0. The Labute approximate surface area is 140 Å². The van der Waals surface area contributed by atoms with E-state index in [1.165, 1.54) is 0 Å². The Balaban J connectivity index is 1.73. The molecule has 0 bridgehead atoms. The minimum absolute atomic E-state index is 0.0415. The smallest absolute Gasteiger partial charge is 0.251 e. The van der Waals surface area contributed by atoms with Crippen LogP contribution in [-0.4, -0.2) is 10.9 Å². The van der Waals surface area contributed by atoms with Gasteiger partial charge in [0.2, 0.25) is 5.91 Å². The number of carbonyl (C=O) groups excluding carboxylic acids is 1. The first-order valence-electron chi connectivity index (χ1n) is 8.01. The van der Waals surface area contributed by atoms with Gasteiger partial charge >= 0.3 is 0 Å². The van der Waals surface area contributed by atoms with E-state index >= 15 is 0 Å². The van der Waals surface area contributed by atoms with Crippen molar-refractivity contribution in [1.29, 1.82) is 0 Å². The highest BCUT2D eigenvalue weighted by atomic mass is 16.1. The van der Waals surface area contributed by atoms with Crippen LogP contribution >= 0.6 is 0 Å². The van der Waals surface area contributed by atoms with Crippen LogP contribution in [0.1, 0.15) is 30.4 Å². The predicted molar refractivity (Wildman–Crippen MR) is 97.4 cm³/mol. The molecule has 2 N–H and O–H groups in total. The number of amides is 1. The van der Waals surface area contributed by atoms with Crippen molar-refractivity contribution in [3.05, 3.63) is 76.1 Å². The average Bonchev–Trinajstić information content (AvgIpc) is 2.57. The third kappa shape index (κ3) is 3.54. The SMILES string of the molecule is Cc1cc2ccc(NC(=O)CC(C)c3ccccc3)cc2[nH]c1=O. The Kier molecular flexibility index (Phi) is 4.47. The lowest BCUT2D eigenvalue weighted by Crippen LogP contribution is -2.14. The van der Waals surface area contributed by atoms with Gasteiger partial charge in [-0.05, 0) is 42.0 Å². The van der Waals surface area contributed by atoms with Crippen LogP contribution in [0.3, 0.4) is 0 Å². The Morgan fingerprint density at radius 3 is 2.62 bits per heavy atom. The molecule has 0 spiro atoms. The van der Waals surface area contributed by atoms with Gasteiger partial charge in [-0.15, -0.1) is 0 Å². The second-order valence-corrected chi connectivity index (χ2v) is 6.15. The van der Waals surface area contributed by atoms with Gasteiger partial charge in [-0.25, -0.2) is 0 Å². The van der Waals surface area contributed by atoms with E-state index in [4.69, 9.17) is 0 Å². The molecule has 0 radical (unpaired) electrons. The van der Waals surface area contributed by atoms with Gasteiger partial charge in [0.05, 0.1) is 5.52 Å². The van der Waals surface area contributed by atoms with Gasteiger partial charge in [0.15, 0.2) is 0 Å². The fraction of sp³-hybridized carbons (Fsp3) is 0.200. The average molecular weight is 320 g/mol. The van der Waals surface area contributed by atoms with Crippen molar-refractivity contribution >= 4 is 22.5 Å². The summed E-state index contributed by atoms with van der Waals surface area (Å²) < 4.78 is 0. The van der Waals surface area contributed by atoms with Gasteiger partial charge in [-0.1, -0.05) is 43.3 Å². The molecule has 4 heteroatoms. The van der Waals surface area contributed by atoms with Gasteiger partial charge < -0.3 is 10.3 Å². The summed E-state index contributed by atoms with van der Waals surface area (Å²) in [5.41, 5.74) is 3.12. The van der Waals surface area contributed by atoms with Crippen LogP contribution < -0.4 is 10.9 Å². The van der Waals surface area contributed by atoms with Crippen molar-refractivity contribution in [2.75, 3.05) is 5.32 Å².